The molecule has 0 saturated heterocycles. The fourth-order valence-corrected chi connectivity index (χ4v) is 3.96. The molecule has 6 heteroatoms. The van der Waals surface area contributed by atoms with Crippen LogP contribution >= 0.6 is 11.8 Å². The van der Waals surface area contributed by atoms with Crippen LogP contribution in [0.4, 0.5) is 5.69 Å². The maximum absolute atomic E-state index is 12.3. The average Bonchev–Trinajstić information content (AvgIpc) is 2.34. The first-order valence-corrected chi connectivity index (χ1v) is 9.06. The molecule has 0 saturated carbocycles. The number of fused-ring (bicyclic) bond motifs is 1. The van der Waals surface area contributed by atoms with Crippen molar-refractivity contribution in [3.05, 3.63) is 35.9 Å². The zero-order valence-corrected chi connectivity index (χ0v) is 14.4. The summed E-state index contributed by atoms with van der Waals surface area (Å²) in [5.74, 6) is 0.636. The summed E-state index contributed by atoms with van der Waals surface area (Å²) in [4.78, 5) is 0.245. The van der Waals surface area contributed by atoms with Gasteiger partial charge in [-0.2, -0.15) is 8.42 Å². The fourth-order valence-electron chi connectivity index (χ4n) is 1.86. The Balaban J connectivity index is 2.40. The summed E-state index contributed by atoms with van der Waals surface area (Å²) in [7, 11) is -3.65. The Morgan fingerprint density at radius 3 is 2.62 bits per heavy atom. The van der Waals surface area contributed by atoms with E-state index >= 15 is 0 Å². The molecule has 0 radical (unpaired) electrons. The van der Waals surface area contributed by atoms with Crippen molar-refractivity contribution in [3.63, 3.8) is 0 Å². The van der Waals surface area contributed by atoms with Gasteiger partial charge in [-0.15, -0.1) is 4.40 Å². The highest BCUT2D eigenvalue weighted by atomic mass is 32.2. The van der Waals surface area contributed by atoms with Crippen LogP contribution in [0.1, 0.15) is 33.3 Å². The first-order valence-electron chi connectivity index (χ1n) is 6.63. The monoisotopic (exact) mass is 324 g/mol. The Bertz CT molecular complexity index is 714. The van der Waals surface area contributed by atoms with Gasteiger partial charge in [-0.25, -0.2) is 0 Å². The van der Waals surface area contributed by atoms with E-state index in [0.717, 1.165) is 11.1 Å². The van der Waals surface area contributed by atoms with Crippen molar-refractivity contribution < 1.29 is 8.42 Å². The first-order chi connectivity index (χ1) is 9.59. The molecule has 1 heterocycles. The van der Waals surface area contributed by atoms with E-state index in [1.807, 2.05) is 19.1 Å². The smallest absolute Gasteiger partial charge is 0.286 e. The van der Waals surface area contributed by atoms with Crippen molar-refractivity contribution in [2.45, 2.75) is 38.0 Å². The van der Waals surface area contributed by atoms with Crippen molar-refractivity contribution in [2.75, 3.05) is 11.1 Å². The van der Waals surface area contributed by atoms with Crippen LogP contribution < -0.4 is 5.32 Å². The number of hydrogen-bond donors (Lipinski definition) is 1. The minimum atomic E-state index is -3.65. The summed E-state index contributed by atoms with van der Waals surface area (Å²) in [6.07, 6.45) is 0. The summed E-state index contributed by atoms with van der Waals surface area (Å²) >= 11 is 1.34. The predicted molar refractivity (Wildman–Crippen MR) is 90.7 cm³/mol. The lowest BCUT2D eigenvalue weighted by Crippen LogP contribution is -2.21. The van der Waals surface area contributed by atoms with Gasteiger partial charge in [0, 0.05) is 5.75 Å². The number of hydrogen-bond acceptors (Lipinski definition) is 4. The second-order valence-electron chi connectivity index (χ2n) is 6.20. The lowest BCUT2D eigenvalue weighted by atomic mass is 9.87. The molecule has 0 aromatic heterocycles. The largest absolute Gasteiger partial charge is 0.333 e. The van der Waals surface area contributed by atoms with Crippen LogP contribution in [-0.2, 0) is 15.4 Å². The highest BCUT2D eigenvalue weighted by Crippen LogP contribution is 2.33. The van der Waals surface area contributed by atoms with Gasteiger partial charge < -0.3 is 5.32 Å². The zero-order chi connectivity index (χ0) is 15.8. The molecule has 1 aromatic rings. The van der Waals surface area contributed by atoms with Crippen LogP contribution in [-0.4, -0.2) is 19.3 Å². The number of amidine groups is 1. The number of rotatable bonds is 2. The number of nitrogens with zero attached hydrogens (tertiary/aromatic N) is 1. The molecule has 0 unspecified atom stereocenters. The summed E-state index contributed by atoms with van der Waals surface area (Å²) in [5.41, 5.74) is 2.42. The van der Waals surface area contributed by atoms with Crippen LogP contribution in [0.5, 0.6) is 0 Å². The molecular weight excluding hydrogens is 304 g/mol. The van der Waals surface area contributed by atoms with Gasteiger partial charge in [0.2, 0.25) is 0 Å². The molecule has 21 heavy (non-hydrogen) atoms. The summed E-state index contributed by atoms with van der Waals surface area (Å²) in [6.45, 7) is 11.9. The molecule has 0 spiro atoms. The Labute approximate surface area is 130 Å². The average molecular weight is 324 g/mol. The van der Waals surface area contributed by atoms with Gasteiger partial charge in [-0.05, 0) is 30.0 Å². The van der Waals surface area contributed by atoms with Crippen molar-refractivity contribution >= 4 is 32.6 Å². The van der Waals surface area contributed by atoms with E-state index in [2.05, 4.69) is 37.1 Å². The van der Waals surface area contributed by atoms with E-state index in [1.54, 1.807) is 6.07 Å². The molecule has 4 nitrogen and oxygen atoms in total. The van der Waals surface area contributed by atoms with Gasteiger partial charge >= 0.3 is 0 Å². The summed E-state index contributed by atoms with van der Waals surface area (Å²) in [6, 6.07) is 5.47. The van der Waals surface area contributed by atoms with Crippen LogP contribution in [0, 0.1) is 0 Å². The normalized spacial score (nSPS) is 16.7. The standard InChI is InChI=1S/C15H20N2O2S2/c1-10(2)9-20-14-16-12-7-6-11(15(3,4)5)8-13(12)21(18,19)17-14/h6-8H,1,9H2,2-5H3,(H,16,17). The minimum absolute atomic E-state index is 0.108. The van der Waals surface area contributed by atoms with Gasteiger partial charge in [0.1, 0.15) is 4.90 Å². The van der Waals surface area contributed by atoms with Crippen molar-refractivity contribution in [2.24, 2.45) is 4.40 Å². The van der Waals surface area contributed by atoms with Gasteiger partial charge in [-0.3, -0.25) is 0 Å². The SMILES string of the molecule is C=C(C)CSC1=NS(=O)(=O)c2cc(C(C)(C)C)ccc2N1. The minimum Gasteiger partial charge on any atom is -0.333 e. The number of thioether (sulfide) groups is 1. The van der Waals surface area contributed by atoms with E-state index in [0.29, 0.717) is 16.6 Å². The molecule has 0 bridgehead atoms. The maximum atomic E-state index is 12.3. The quantitative estimate of drug-likeness (QED) is 0.842. The van der Waals surface area contributed by atoms with Gasteiger partial charge in [0.15, 0.2) is 5.17 Å². The number of sulfonamides is 1. The van der Waals surface area contributed by atoms with Crippen molar-refractivity contribution in [3.8, 4) is 0 Å². The third-order valence-electron chi connectivity index (χ3n) is 3.03. The summed E-state index contributed by atoms with van der Waals surface area (Å²) in [5, 5.41) is 3.48. The van der Waals surface area contributed by atoms with Crippen LogP contribution in [0.2, 0.25) is 0 Å². The highest BCUT2D eigenvalue weighted by molar-refractivity contribution is 8.15. The van der Waals surface area contributed by atoms with Crippen molar-refractivity contribution in [1.29, 1.82) is 0 Å². The second kappa shape index (κ2) is 5.50. The lowest BCUT2D eigenvalue weighted by molar-refractivity contribution is 0.584. The Morgan fingerprint density at radius 1 is 1.38 bits per heavy atom. The van der Waals surface area contributed by atoms with Crippen LogP contribution in [0.3, 0.4) is 0 Å². The van der Waals surface area contributed by atoms with E-state index in [-0.39, 0.29) is 10.3 Å². The Morgan fingerprint density at radius 2 is 2.05 bits per heavy atom. The second-order valence-corrected chi connectivity index (χ2v) is 8.74. The van der Waals surface area contributed by atoms with Gasteiger partial charge in [0.25, 0.3) is 10.0 Å². The maximum Gasteiger partial charge on any atom is 0.286 e. The van der Waals surface area contributed by atoms with E-state index < -0.39 is 10.0 Å². The lowest BCUT2D eigenvalue weighted by Gasteiger charge is -2.23. The fraction of sp³-hybridized carbons (Fsp3) is 0.400. The van der Waals surface area contributed by atoms with Crippen molar-refractivity contribution in [1.82, 2.24) is 0 Å². The topological polar surface area (TPSA) is 58.5 Å². The molecule has 0 amide bonds. The molecule has 114 valence electrons. The van der Waals surface area contributed by atoms with Crippen LogP contribution in [0.15, 0.2) is 39.6 Å². The Kier molecular flexibility index (Phi) is 4.22. The molecule has 1 aliphatic heterocycles. The Hall–Kier alpha value is -1.27. The van der Waals surface area contributed by atoms with Gasteiger partial charge in [-0.1, -0.05) is 50.8 Å². The molecule has 0 atom stereocenters. The molecular formula is C15H20N2O2S2. The first kappa shape index (κ1) is 16.1. The number of nitrogens with one attached hydrogen (secondary N) is 1. The molecule has 1 N–H and O–H groups in total. The zero-order valence-electron chi connectivity index (χ0n) is 12.7. The van der Waals surface area contributed by atoms with Crippen LogP contribution in [0.25, 0.3) is 0 Å². The highest BCUT2D eigenvalue weighted by Gasteiger charge is 2.27. The molecule has 0 aliphatic carbocycles. The molecule has 1 aromatic carbocycles. The molecule has 1 aliphatic rings. The summed E-state index contributed by atoms with van der Waals surface area (Å²) < 4.78 is 28.5. The van der Waals surface area contributed by atoms with E-state index in [9.17, 15) is 8.42 Å². The number of benzene rings is 1. The van der Waals surface area contributed by atoms with E-state index in [4.69, 9.17) is 0 Å². The third kappa shape index (κ3) is 3.68. The molecule has 2 rings (SSSR count). The van der Waals surface area contributed by atoms with E-state index in [1.165, 1.54) is 11.8 Å². The number of anilines is 1. The predicted octanol–water partition coefficient (Wildman–Crippen LogP) is 3.76. The third-order valence-corrected chi connectivity index (χ3v) is 5.56. The van der Waals surface area contributed by atoms with Gasteiger partial charge in [0.05, 0.1) is 5.69 Å². The molecule has 0 fully saturated rings.